The van der Waals surface area contributed by atoms with Crippen molar-refractivity contribution in [1.29, 1.82) is 0 Å². The van der Waals surface area contributed by atoms with Crippen LogP contribution in [0.4, 0.5) is 11.9 Å². The molecule has 0 radical (unpaired) electrons. The van der Waals surface area contributed by atoms with Crippen LogP contribution in [0.25, 0.3) is 5.95 Å². The minimum absolute atomic E-state index is 0.290. The van der Waals surface area contributed by atoms with Crippen molar-refractivity contribution < 1.29 is 4.74 Å². The molecule has 0 aliphatic heterocycles. The van der Waals surface area contributed by atoms with Gasteiger partial charge in [0, 0.05) is 25.5 Å². The molecule has 1 aliphatic carbocycles. The zero-order chi connectivity index (χ0) is 14.7. The molecule has 9 heteroatoms. The van der Waals surface area contributed by atoms with Gasteiger partial charge in [-0.3, -0.25) is 9.99 Å². The van der Waals surface area contributed by atoms with E-state index in [9.17, 15) is 0 Å². The average Bonchev–Trinajstić information content (AvgIpc) is 3.18. The Morgan fingerprint density at radius 3 is 2.81 bits per heavy atom. The largest absolute Gasteiger partial charge is 0.381 e. The second kappa shape index (κ2) is 6.02. The van der Waals surface area contributed by atoms with Gasteiger partial charge >= 0.3 is 0 Å². The number of nitrogen functional groups attached to an aromatic ring is 1. The van der Waals surface area contributed by atoms with Gasteiger partial charge in [-0.05, 0) is 19.3 Å². The number of nitrogens with one attached hydrogen (secondary N) is 2. The Labute approximate surface area is 121 Å². The van der Waals surface area contributed by atoms with Crippen LogP contribution >= 0.6 is 0 Å². The summed E-state index contributed by atoms with van der Waals surface area (Å²) in [6.45, 7) is 0. The van der Waals surface area contributed by atoms with E-state index in [1.807, 2.05) is 0 Å². The number of hydrazine groups is 1. The lowest BCUT2D eigenvalue weighted by Crippen LogP contribution is -2.21. The number of rotatable bonds is 5. The molecule has 2 atom stereocenters. The lowest BCUT2D eigenvalue weighted by atomic mass is 10.2. The summed E-state index contributed by atoms with van der Waals surface area (Å²) in [6, 6.07) is 0.290. The van der Waals surface area contributed by atoms with Gasteiger partial charge in [-0.15, -0.1) is 0 Å². The first-order valence-electron chi connectivity index (χ1n) is 6.79. The molecule has 0 bridgehead atoms. The van der Waals surface area contributed by atoms with Gasteiger partial charge in [-0.25, -0.2) is 10.8 Å². The molecular formula is C12H18N8O. The number of ether oxygens (including phenoxy) is 1. The molecule has 0 saturated heterocycles. The normalized spacial score (nSPS) is 21.4. The number of nitrogens with zero attached hydrogens (tertiary/aromatic N) is 5. The van der Waals surface area contributed by atoms with Gasteiger partial charge < -0.3 is 10.1 Å². The first-order chi connectivity index (χ1) is 10.3. The Morgan fingerprint density at radius 1 is 1.29 bits per heavy atom. The average molecular weight is 290 g/mol. The van der Waals surface area contributed by atoms with Crippen molar-refractivity contribution in [3.8, 4) is 5.95 Å². The van der Waals surface area contributed by atoms with Crippen LogP contribution in [0.2, 0.25) is 0 Å². The molecule has 1 aliphatic rings. The summed E-state index contributed by atoms with van der Waals surface area (Å²) in [5.41, 5.74) is 2.45. The minimum atomic E-state index is 0.290. The minimum Gasteiger partial charge on any atom is -0.381 e. The summed E-state index contributed by atoms with van der Waals surface area (Å²) in [5, 5.41) is 3.31. The molecule has 0 amide bonds. The predicted molar refractivity (Wildman–Crippen MR) is 76.8 cm³/mol. The molecule has 112 valence electrons. The first-order valence-corrected chi connectivity index (χ1v) is 6.79. The van der Waals surface area contributed by atoms with E-state index < -0.39 is 0 Å². The van der Waals surface area contributed by atoms with Crippen LogP contribution in [0, 0.1) is 0 Å². The van der Waals surface area contributed by atoms with Crippen LogP contribution in [-0.4, -0.2) is 43.8 Å². The molecule has 0 aromatic carbocycles. The van der Waals surface area contributed by atoms with Crippen molar-refractivity contribution in [2.45, 2.75) is 31.4 Å². The van der Waals surface area contributed by atoms with Gasteiger partial charge in [0.2, 0.25) is 17.8 Å². The third kappa shape index (κ3) is 3.09. The Kier molecular flexibility index (Phi) is 3.93. The van der Waals surface area contributed by atoms with Crippen molar-refractivity contribution >= 4 is 11.9 Å². The fraction of sp³-hybridized carbons (Fsp3) is 0.500. The summed E-state index contributed by atoms with van der Waals surface area (Å²) < 4.78 is 7.06. The lowest BCUT2D eigenvalue weighted by molar-refractivity contribution is 0.108. The molecule has 2 heterocycles. The number of aromatic nitrogens is 5. The highest BCUT2D eigenvalue weighted by atomic mass is 16.5. The standard InChI is InChI=1S/C12H18N8O/c1-21-9-3-2-8(6-9)15-10-16-11(19-13)18-12(17-10)20-5-4-14-7-20/h4-5,7-9H,2-3,6,13H2,1H3,(H2,15,16,17,18,19). The quantitative estimate of drug-likeness (QED) is 0.532. The van der Waals surface area contributed by atoms with E-state index in [2.05, 4.69) is 30.7 Å². The fourth-order valence-corrected chi connectivity index (χ4v) is 2.45. The highest BCUT2D eigenvalue weighted by molar-refractivity contribution is 5.38. The van der Waals surface area contributed by atoms with E-state index in [0.717, 1.165) is 19.3 Å². The highest BCUT2D eigenvalue weighted by Crippen LogP contribution is 2.24. The van der Waals surface area contributed by atoms with Crippen molar-refractivity contribution in [3.63, 3.8) is 0 Å². The van der Waals surface area contributed by atoms with Gasteiger partial charge in [0.1, 0.15) is 6.33 Å². The van der Waals surface area contributed by atoms with Crippen molar-refractivity contribution in [2.24, 2.45) is 5.84 Å². The molecule has 1 saturated carbocycles. The van der Waals surface area contributed by atoms with Crippen molar-refractivity contribution in [2.75, 3.05) is 17.9 Å². The molecular weight excluding hydrogens is 272 g/mol. The number of imidazole rings is 1. The summed E-state index contributed by atoms with van der Waals surface area (Å²) in [5.74, 6) is 6.67. The van der Waals surface area contributed by atoms with E-state index in [1.165, 1.54) is 0 Å². The number of nitrogens with two attached hydrogens (primary N) is 1. The Morgan fingerprint density at radius 2 is 2.14 bits per heavy atom. The van der Waals surface area contributed by atoms with Crippen LogP contribution in [0.15, 0.2) is 18.7 Å². The van der Waals surface area contributed by atoms with Crippen molar-refractivity contribution in [1.82, 2.24) is 24.5 Å². The second-order valence-corrected chi connectivity index (χ2v) is 4.91. The number of hydrogen-bond acceptors (Lipinski definition) is 8. The third-order valence-corrected chi connectivity index (χ3v) is 3.54. The zero-order valence-corrected chi connectivity index (χ0v) is 11.7. The van der Waals surface area contributed by atoms with Gasteiger partial charge in [0.05, 0.1) is 6.10 Å². The maximum absolute atomic E-state index is 5.42. The molecule has 1 fully saturated rings. The van der Waals surface area contributed by atoms with Crippen LogP contribution in [0.5, 0.6) is 0 Å². The number of anilines is 2. The zero-order valence-electron chi connectivity index (χ0n) is 11.7. The second-order valence-electron chi connectivity index (χ2n) is 4.91. The first kappa shape index (κ1) is 13.7. The highest BCUT2D eigenvalue weighted by Gasteiger charge is 2.25. The summed E-state index contributed by atoms with van der Waals surface area (Å²) >= 11 is 0. The Hall–Kier alpha value is -2.26. The van der Waals surface area contributed by atoms with Crippen LogP contribution < -0.4 is 16.6 Å². The van der Waals surface area contributed by atoms with Gasteiger partial charge in [-0.2, -0.15) is 15.0 Å². The van der Waals surface area contributed by atoms with Crippen LogP contribution in [0.3, 0.4) is 0 Å². The summed E-state index contributed by atoms with van der Waals surface area (Å²) in [4.78, 5) is 16.8. The maximum atomic E-state index is 5.42. The molecule has 2 aromatic heterocycles. The predicted octanol–water partition coefficient (Wildman–Crippen LogP) is 0.322. The Balaban J connectivity index is 1.80. The maximum Gasteiger partial charge on any atom is 0.243 e. The van der Waals surface area contributed by atoms with E-state index in [4.69, 9.17) is 10.6 Å². The molecule has 4 N–H and O–H groups in total. The topological polar surface area (TPSA) is 116 Å². The monoisotopic (exact) mass is 290 g/mol. The molecule has 2 unspecified atom stereocenters. The molecule has 3 rings (SSSR count). The third-order valence-electron chi connectivity index (χ3n) is 3.54. The van der Waals surface area contributed by atoms with E-state index in [-0.39, 0.29) is 0 Å². The van der Waals surface area contributed by atoms with Crippen molar-refractivity contribution in [3.05, 3.63) is 18.7 Å². The fourth-order valence-electron chi connectivity index (χ4n) is 2.45. The van der Waals surface area contributed by atoms with Crippen LogP contribution in [0.1, 0.15) is 19.3 Å². The molecule has 2 aromatic rings. The van der Waals surface area contributed by atoms with E-state index in [1.54, 1.807) is 30.4 Å². The SMILES string of the molecule is COC1CCC(Nc2nc(NN)nc(-n3ccnc3)n2)C1. The number of methoxy groups -OCH3 is 1. The number of hydrogen-bond donors (Lipinski definition) is 3. The smallest absolute Gasteiger partial charge is 0.243 e. The van der Waals surface area contributed by atoms with Gasteiger partial charge in [0.15, 0.2) is 0 Å². The van der Waals surface area contributed by atoms with E-state index >= 15 is 0 Å². The van der Waals surface area contributed by atoms with E-state index in [0.29, 0.717) is 30.0 Å². The van der Waals surface area contributed by atoms with Gasteiger partial charge in [0.25, 0.3) is 0 Å². The summed E-state index contributed by atoms with van der Waals surface area (Å²) in [7, 11) is 1.74. The molecule has 21 heavy (non-hydrogen) atoms. The van der Waals surface area contributed by atoms with Gasteiger partial charge in [-0.1, -0.05) is 0 Å². The Bertz CT molecular complexity index is 587. The lowest BCUT2D eigenvalue weighted by Gasteiger charge is -2.14. The summed E-state index contributed by atoms with van der Waals surface area (Å²) in [6.07, 6.45) is 8.34. The van der Waals surface area contributed by atoms with Crippen LogP contribution in [-0.2, 0) is 4.74 Å². The molecule has 9 nitrogen and oxygen atoms in total. The molecule has 0 spiro atoms.